The first-order valence-electron chi connectivity index (χ1n) is 8.32. The van der Waals surface area contributed by atoms with Crippen LogP contribution in [0.2, 0.25) is 0 Å². The first kappa shape index (κ1) is 17.3. The Bertz CT molecular complexity index is 448. The molecule has 22 heavy (non-hydrogen) atoms. The Labute approximate surface area is 135 Å². The first-order chi connectivity index (χ1) is 10.5. The molecule has 0 radical (unpaired) electrons. The molecule has 0 unspecified atom stereocenters. The highest BCUT2D eigenvalue weighted by Crippen LogP contribution is 2.26. The van der Waals surface area contributed by atoms with Crippen molar-refractivity contribution in [1.82, 2.24) is 9.80 Å². The van der Waals surface area contributed by atoms with Gasteiger partial charge in [0.05, 0.1) is 7.11 Å². The fourth-order valence-corrected chi connectivity index (χ4v) is 3.52. The van der Waals surface area contributed by atoms with Crippen molar-refractivity contribution in [2.45, 2.75) is 38.9 Å². The molecule has 1 heterocycles. The van der Waals surface area contributed by atoms with Gasteiger partial charge < -0.3 is 15.4 Å². The summed E-state index contributed by atoms with van der Waals surface area (Å²) in [4.78, 5) is 5.03. The normalized spacial score (nSPS) is 26.4. The van der Waals surface area contributed by atoms with Gasteiger partial charge in [-0.1, -0.05) is 19.1 Å². The summed E-state index contributed by atoms with van der Waals surface area (Å²) < 4.78 is 5.24. The minimum absolute atomic E-state index is 0.608. The maximum absolute atomic E-state index is 5.87. The molecular formula is C18H31N3O. The van der Waals surface area contributed by atoms with Crippen LogP contribution in [0.15, 0.2) is 24.3 Å². The van der Waals surface area contributed by atoms with Crippen LogP contribution < -0.4 is 10.5 Å². The molecule has 2 N–H and O–H groups in total. The van der Waals surface area contributed by atoms with E-state index in [9.17, 15) is 0 Å². The molecule has 124 valence electrons. The molecule has 0 aromatic heterocycles. The van der Waals surface area contributed by atoms with E-state index >= 15 is 0 Å². The van der Waals surface area contributed by atoms with Crippen molar-refractivity contribution in [3.8, 4) is 5.75 Å². The molecule has 3 atom stereocenters. The van der Waals surface area contributed by atoms with Crippen LogP contribution in [0.3, 0.4) is 0 Å². The van der Waals surface area contributed by atoms with Gasteiger partial charge in [-0.2, -0.15) is 0 Å². The quantitative estimate of drug-likeness (QED) is 0.875. The minimum Gasteiger partial charge on any atom is -0.497 e. The number of piperidine rings is 1. The number of hydrogen-bond donors (Lipinski definition) is 1. The topological polar surface area (TPSA) is 41.7 Å². The third kappa shape index (κ3) is 4.22. The van der Waals surface area contributed by atoms with Crippen LogP contribution in [0.25, 0.3) is 0 Å². The molecule has 0 aliphatic carbocycles. The Hall–Kier alpha value is -1.10. The number of benzene rings is 1. The van der Waals surface area contributed by atoms with Gasteiger partial charge in [0, 0.05) is 38.3 Å². The zero-order chi connectivity index (χ0) is 16.1. The number of ether oxygens (including phenoxy) is 1. The first-order valence-corrected chi connectivity index (χ1v) is 8.32. The molecule has 2 rings (SSSR count). The lowest BCUT2D eigenvalue weighted by molar-refractivity contribution is 0.0428. The maximum Gasteiger partial charge on any atom is 0.118 e. The van der Waals surface area contributed by atoms with Gasteiger partial charge in [0.25, 0.3) is 0 Å². The van der Waals surface area contributed by atoms with Gasteiger partial charge >= 0.3 is 0 Å². The predicted molar refractivity (Wildman–Crippen MR) is 92.1 cm³/mol. The Kier molecular flexibility index (Phi) is 6.24. The van der Waals surface area contributed by atoms with E-state index < -0.39 is 0 Å². The largest absolute Gasteiger partial charge is 0.497 e. The molecular weight excluding hydrogens is 274 g/mol. The van der Waals surface area contributed by atoms with Crippen LogP contribution in [-0.2, 0) is 6.54 Å². The van der Waals surface area contributed by atoms with E-state index in [-0.39, 0.29) is 0 Å². The zero-order valence-electron chi connectivity index (χ0n) is 14.5. The number of likely N-dealkylation sites (tertiary alicyclic amines) is 1. The van der Waals surface area contributed by atoms with E-state index in [0.29, 0.717) is 24.5 Å². The molecule has 1 fully saturated rings. The van der Waals surface area contributed by atoms with Gasteiger partial charge in [-0.25, -0.2) is 0 Å². The zero-order valence-corrected chi connectivity index (χ0v) is 14.5. The maximum atomic E-state index is 5.87. The fourth-order valence-electron chi connectivity index (χ4n) is 3.52. The Morgan fingerprint density at radius 1 is 1.27 bits per heavy atom. The van der Waals surface area contributed by atoms with Crippen molar-refractivity contribution in [2.75, 3.05) is 33.8 Å². The average molecular weight is 305 g/mol. The summed E-state index contributed by atoms with van der Waals surface area (Å²) in [5.41, 5.74) is 7.20. The van der Waals surface area contributed by atoms with Crippen LogP contribution in [-0.4, -0.2) is 55.7 Å². The van der Waals surface area contributed by atoms with E-state index in [0.717, 1.165) is 25.4 Å². The van der Waals surface area contributed by atoms with Crippen molar-refractivity contribution < 1.29 is 4.74 Å². The van der Waals surface area contributed by atoms with Crippen LogP contribution >= 0.6 is 0 Å². The van der Waals surface area contributed by atoms with E-state index in [1.807, 2.05) is 12.1 Å². The van der Waals surface area contributed by atoms with Crippen LogP contribution in [0.4, 0.5) is 0 Å². The number of nitrogens with zero attached hydrogens (tertiary/aromatic N) is 2. The smallest absolute Gasteiger partial charge is 0.118 e. The second-order valence-corrected chi connectivity index (χ2v) is 6.68. The predicted octanol–water partition coefficient (Wildman–Crippen LogP) is 2.18. The molecule has 4 heteroatoms. The summed E-state index contributed by atoms with van der Waals surface area (Å²) in [7, 11) is 3.94. The van der Waals surface area contributed by atoms with Gasteiger partial charge in [0.15, 0.2) is 0 Å². The van der Waals surface area contributed by atoms with E-state index in [1.165, 1.54) is 12.0 Å². The van der Waals surface area contributed by atoms with E-state index in [4.69, 9.17) is 10.5 Å². The molecule has 1 aliphatic rings. The molecule has 1 aromatic rings. The molecule has 0 amide bonds. The molecule has 1 aromatic carbocycles. The van der Waals surface area contributed by atoms with Crippen LogP contribution in [0.1, 0.15) is 25.8 Å². The van der Waals surface area contributed by atoms with Crippen molar-refractivity contribution in [3.63, 3.8) is 0 Å². The summed E-state index contributed by atoms with van der Waals surface area (Å²) in [6.07, 6.45) is 1.22. The SMILES string of the molecule is COc1ccc(CN(CCN)[C@H]2C[C@H](C)N(C)C[C@H]2C)cc1. The highest BCUT2D eigenvalue weighted by Gasteiger charge is 2.32. The molecule has 0 saturated carbocycles. The monoisotopic (exact) mass is 305 g/mol. The van der Waals surface area contributed by atoms with Gasteiger partial charge in [-0.15, -0.1) is 0 Å². The van der Waals surface area contributed by atoms with Crippen LogP contribution in [0.5, 0.6) is 5.75 Å². The molecule has 1 saturated heterocycles. The third-order valence-corrected chi connectivity index (χ3v) is 5.00. The average Bonchev–Trinajstić information content (AvgIpc) is 2.51. The van der Waals surface area contributed by atoms with Crippen LogP contribution in [0, 0.1) is 5.92 Å². The second kappa shape index (κ2) is 7.95. The molecule has 0 bridgehead atoms. The Morgan fingerprint density at radius 2 is 1.95 bits per heavy atom. The van der Waals surface area contributed by atoms with Gasteiger partial charge in [0.2, 0.25) is 0 Å². The number of hydrogen-bond acceptors (Lipinski definition) is 4. The highest BCUT2D eigenvalue weighted by atomic mass is 16.5. The minimum atomic E-state index is 0.608. The van der Waals surface area contributed by atoms with E-state index in [1.54, 1.807) is 7.11 Å². The lowest BCUT2D eigenvalue weighted by Crippen LogP contribution is -2.53. The summed E-state index contributed by atoms with van der Waals surface area (Å²) in [6, 6.07) is 9.64. The van der Waals surface area contributed by atoms with Crippen molar-refractivity contribution in [1.29, 1.82) is 0 Å². The highest BCUT2D eigenvalue weighted by molar-refractivity contribution is 5.27. The number of rotatable bonds is 6. The number of nitrogens with two attached hydrogens (primary N) is 1. The third-order valence-electron chi connectivity index (χ3n) is 5.00. The number of methoxy groups -OCH3 is 1. The summed E-state index contributed by atoms with van der Waals surface area (Å²) >= 11 is 0. The molecule has 4 nitrogen and oxygen atoms in total. The Morgan fingerprint density at radius 3 is 2.55 bits per heavy atom. The fraction of sp³-hybridized carbons (Fsp3) is 0.667. The molecule has 1 aliphatic heterocycles. The van der Waals surface area contributed by atoms with Gasteiger partial charge in [0.1, 0.15) is 5.75 Å². The van der Waals surface area contributed by atoms with Crippen molar-refractivity contribution in [2.24, 2.45) is 11.7 Å². The standard InChI is InChI=1S/C18H31N3O/c1-14-12-20(3)15(2)11-18(14)21(10-9-19)13-16-5-7-17(22-4)8-6-16/h5-8,14-15,18H,9-13,19H2,1-4H3/t14-,15+,18+/m1/s1. The van der Waals surface area contributed by atoms with Gasteiger partial charge in [-0.3, -0.25) is 4.90 Å². The summed E-state index contributed by atoms with van der Waals surface area (Å²) in [5.74, 6) is 1.58. The Balaban J connectivity index is 2.07. The van der Waals surface area contributed by atoms with E-state index in [2.05, 4.69) is 42.8 Å². The van der Waals surface area contributed by atoms with Crippen molar-refractivity contribution in [3.05, 3.63) is 29.8 Å². The second-order valence-electron chi connectivity index (χ2n) is 6.68. The molecule has 0 spiro atoms. The summed E-state index contributed by atoms with van der Waals surface area (Å²) in [5, 5.41) is 0. The van der Waals surface area contributed by atoms with Crippen molar-refractivity contribution >= 4 is 0 Å². The van der Waals surface area contributed by atoms with Gasteiger partial charge in [-0.05, 0) is 44.0 Å². The summed E-state index contributed by atoms with van der Waals surface area (Å²) in [6.45, 7) is 8.49. The lowest BCUT2D eigenvalue weighted by Gasteiger charge is -2.45. The lowest BCUT2D eigenvalue weighted by atomic mass is 9.88.